The molecule has 0 spiro atoms. The minimum Gasteiger partial charge on any atom is -0.361 e. The largest absolute Gasteiger partial charge is 0.361 e. The Morgan fingerprint density at radius 2 is 1.92 bits per heavy atom. The highest BCUT2D eigenvalue weighted by Gasteiger charge is 2.36. The molecule has 138 valence electrons. The van der Waals surface area contributed by atoms with Crippen LogP contribution in [0.25, 0.3) is 0 Å². The molecule has 2 aliphatic heterocycles. The Balaban J connectivity index is 1.34. The zero-order valence-corrected chi connectivity index (χ0v) is 15.4. The summed E-state index contributed by atoms with van der Waals surface area (Å²) in [5.74, 6) is 1.27. The first-order valence-corrected chi connectivity index (χ1v) is 9.70. The number of aromatic nitrogens is 1. The molecule has 0 bridgehead atoms. The van der Waals surface area contributed by atoms with Gasteiger partial charge in [-0.3, -0.25) is 9.69 Å². The molecule has 0 unspecified atom stereocenters. The third kappa shape index (κ3) is 3.68. The molecule has 1 atom stereocenters. The molecule has 0 radical (unpaired) electrons. The lowest BCUT2D eigenvalue weighted by Gasteiger charge is -2.34. The third-order valence-electron chi connectivity index (χ3n) is 5.71. The fourth-order valence-electron chi connectivity index (χ4n) is 4.29. The second-order valence-corrected chi connectivity index (χ2v) is 7.59. The molecule has 4 rings (SSSR count). The molecule has 0 aliphatic carbocycles. The van der Waals surface area contributed by atoms with Gasteiger partial charge in [-0.15, -0.1) is 0 Å². The third-order valence-corrected chi connectivity index (χ3v) is 5.71. The molecule has 1 aromatic heterocycles. The lowest BCUT2D eigenvalue weighted by atomic mass is 9.94. The van der Waals surface area contributed by atoms with Gasteiger partial charge in [0.2, 0.25) is 5.91 Å². The fourth-order valence-corrected chi connectivity index (χ4v) is 4.29. The Labute approximate surface area is 155 Å². The van der Waals surface area contributed by atoms with Gasteiger partial charge in [0.05, 0.1) is 6.04 Å². The van der Waals surface area contributed by atoms with Crippen molar-refractivity contribution < 1.29 is 9.32 Å². The standard InChI is InChI=1S/C21H27N3O2/c1-16-14-19(22-26-16)20-8-5-11-24(20)21(25)18-9-12-23(13-10-18)15-17-6-3-2-4-7-17/h2-4,6-7,14,18,20H,5,8-13,15H2,1H3/t20-/m1/s1. The quantitative estimate of drug-likeness (QED) is 0.843. The van der Waals surface area contributed by atoms with E-state index in [9.17, 15) is 4.79 Å². The van der Waals surface area contributed by atoms with E-state index < -0.39 is 0 Å². The zero-order valence-electron chi connectivity index (χ0n) is 15.4. The maximum Gasteiger partial charge on any atom is 0.226 e. The van der Waals surface area contributed by atoms with Crippen LogP contribution < -0.4 is 0 Å². The average Bonchev–Trinajstić information content (AvgIpc) is 3.31. The van der Waals surface area contributed by atoms with Crippen LogP contribution in [0.1, 0.15) is 48.7 Å². The van der Waals surface area contributed by atoms with Gasteiger partial charge in [-0.05, 0) is 51.3 Å². The van der Waals surface area contributed by atoms with E-state index in [1.165, 1.54) is 5.56 Å². The molecule has 0 N–H and O–H groups in total. The van der Waals surface area contributed by atoms with Crippen molar-refractivity contribution in [1.82, 2.24) is 15.0 Å². The van der Waals surface area contributed by atoms with E-state index in [2.05, 4.69) is 45.3 Å². The van der Waals surface area contributed by atoms with Crippen molar-refractivity contribution in [3.8, 4) is 0 Å². The van der Waals surface area contributed by atoms with Gasteiger partial charge in [0.1, 0.15) is 11.5 Å². The first-order valence-electron chi connectivity index (χ1n) is 9.70. The van der Waals surface area contributed by atoms with Crippen LogP contribution in [-0.2, 0) is 11.3 Å². The topological polar surface area (TPSA) is 49.6 Å². The minimum absolute atomic E-state index is 0.0994. The number of hydrogen-bond acceptors (Lipinski definition) is 4. The van der Waals surface area contributed by atoms with Gasteiger partial charge in [0.25, 0.3) is 0 Å². The van der Waals surface area contributed by atoms with E-state index in [1.807, 2.05) is 13.0 Å². The number of carbonyl (C=O) groups excluding carboxylic acids is 1. The van der Waals surface area contributed by atoms with Crippen LogP contribution in [0.4, 0.5) is 0 Å². The molecule has 3 heterocycles. The lowest BCUT2D eigenvalue weighted by Crippen LogP contribution is -2.42. The molecule has 2 aliphatic rings. The second kappa shape index (κ2) is 7.62. The molecule has 5 heteroatoms. The van der Waals surface area contributed by atoms with E-state index in [-0.39, 0.29) is 12.0 Å². The number of likely N-dealkylation sites (tertiary alicyclic amines) is 2. The summed E-state index contributed by atoms with van der Waals surface area (Å²) in [6, 6.07) is 12.6. The van der Waals surface area contributed by atoms with Gasteiger partial charge in [-0.2, -0.15) is 0 Å². The molecule has 0 saturated carbocycles. The van der Waals surface area contributed by atoms with Crippen molar-refractivity contribution in [2.75, 3.05) is 19.6 Å². The summed E-state index contributed by atoms with van der Waals surface area (Å²) in [6.45, 7) is 5.71. The summed E-state index contributed by atoms with van der Waals surface area (Å²) in [5, 5.41) is 4.16. The van der Waals surface area contributed by atoms with Gasteiger partial charge >= 0.3 is 0 Å². The van der Waals surface area contributed by atoms with Crippen LogP contribution in [0.2, 0.25) is 0 Å². The van der Waals surface area contributed by atoms with Gasteiger partial charge < -0.3 is 9.42 Å². The molecule has 2 fully saturated rings. The predicted molar refractivity (Wildman–Crippen MR) is 99.4 cm³/mol. The van der Waals surface area contributed by atoms with Crippen LogP contribution >= 0.6 is 0 Å². The molecule has 1 aromatic carbocycles. The first kappa shape index (κ1) is 17.3. The number of carbonyl (C=O) groups is 1. The molecule has 5 nitrogen and oxygen atoms in total. The Morgan fingerprint density at radius 1 is 1.15 bits per heavy atom. The van der Waals surface area contributed by atoms with Crippen molar-refractivity contribution >= 4 is 5.91 Å². The zero-order chi connectivity index (χ0) is 17.9. The van der Waals surface area contributed by atoms with Crippen LogP contribution in [0.3, 0.4) is 0 Å². The predicted octanol–water partition coefficient (Wildman–Crippen LogP) is 3.56. The van der Waals surface area contributed by atoms with Crippen molar-refractivity contribution in [2.24, 2.45) is 5.92 Å². The highest BCUT2D eigenvalue weighted by atomic mass is 16.5. The summed E-state index contributed by atoms with van der Waals surface area (Å²) in [6.07, 6.45) is 3.94. The van der Waals surface area contributed by atoms with Gasteiger partial charge in [-0.1, -0.05) is 35.5 Å². The second-order valence-electron chi connectivity index (χ2n) is 7.59. The van der Waals surface area contributed by atoms with E-state index in [4.69, 9.17) is 4.52 Å². The first-order chi connectivity index (χ1) is 12.7. The van der Waals surface area contributed by atoms with E-state index in [1.54, 1.807) is 0 Å². The van der Waals surface area contributed by atoms with E-state index in [0.29, 0.717) is 5.91 Å². The normalized spacial score (nSPS) is 22.0. The number of hydrogen-bond donors (Lipinski definition) is 0. The van der Waals surface area contributed by atoms with Crippen LogP contribution in [0.5, 0.6) is 0 Å². The van der Waals surface area contributed by atoms with Crippen molar-refractivity contribution in [1.29, 1.82) is 0 Å². The Hall–Kier alpha value is -2.14. The highest BCUT2D eigenvalue weighted by Crippen LogP contribution is 2.34. The van der Waals surface area contributed by atoms with Gasteiger partial charge in [-0.25, -0.2) is 0 Å². The molecule has 26 heavy (non-hydrogen) atoms. The maximum atomic E-state index is 13.1. The Kier molecular flexibility index (Phi) is 5.07. The summed E-state index contributed by atoms with van der Waals surface area (Å²) >= 11 is 0. The van der Waals surface area contributed by atoms with Crippen LogP contribution in [0.15, 0.2) is 40.9 Å². The average molecular weight is 353 g/mol. The van der Waals surface area contributed by atoms with E-state index in [0.717, 1.165) is 63.3 Å². The highest BCUT2D eigenvalue weighted by molar-refractivity contribution is 5.79. The van der Waals surface area contributed by atoms with Crippen molar-refractivity contribution in [3.63, 3.8) is 0 Å². The number of rotatable bonds is 4. The van der Waals surface area contributed by atoms with Crippen LogP contribution in [0, 0.1) is 12.8 Å². The molecule has 1 amide bonds. The lowest BCUT2D eigenvalue weighted by molar-refractivity contribution is -0.138. The monoisotopic (exact) mass is 353 g/mol. The molecular formula is C21H27N3O2. The fraction of sp³-hybridized carbons (Fsp3) is 0.524. The van der Waals surface area contributed by atoms with Crippen molar-refractivity contribution in [2.45, 2.75) is 45.2 Å². The number of amides is 1. The maximum absolute atomic E-state index is 13.1. The van der Waals surface area contributed by atoms with Gasteiger partial charge in [0, 0.05) is 25.1 Å². The number of aryl methyl sites for hydroxylation is 1. The summed E-state index contributed by atoms with van der Waals surface area (Å²) in [7, 11) is 0. The Bertz CT molecular complexity index is 735. The number of piperidine rings is 1. The SMILES string of the molecule is Cc1cc([C@H]2CCCN2C(=O)C2CCN(Cc3ccccc3)CC2)no1. The summed E-state index contributed by atoms with van der Waals surface area (Å²) in [4.78, 5) is 17.6. The Morgan fingerprint density at radius 3 is 2.62 bits per heavy atom. The van der Waals surface area contributed by atoms with Crippen LogP contribution in [-0.4, -0.2) is 40.5 Å². The molecule has 2 aromatic rings. The molecule has 2 saturated heterocycles. The molecular weight excluding hydrogens is 326 g/mol. The number of benzene rings is 1. The smallest absolute Gasteiger partial charge is 0.226 e. The van der Waals surface area contributed by atoms with E-state index >= 15 is 0 Å². The summed E-state index contributed by atoms with van der Waals surface area (Å²) < 4.78 is 5.23. The number of nitrogens with zero attached hydrogens (tertiary/aromatic N) is 3. The van der Waals surface area contributed by atoms with Gasteiger partial charge in [0.15, 0.2) is 0 Å². The summed E-state index contributed by atoms with van der Waals surface area (Å²) in [5.41, 5.74) is 2.26. The minimum atomic E-state index is 0.0994. The van der Waals surface area contributed by atoms with Crippen molar-refractivity contribution in [3.05, 3.63) is 53.4 Å².